The lowest BCUT2D eigenvalue weighted by Gasteiger charge is -2.45. The minimum Gasteiger partial charge on any atom is -0.465 e. The summed E-state index contributed by atoms with van der Waals surface area (Å²) in [6, 6.07) is 7.34. The maximum atomic E-state index is 12.8. The molecule has 0 bridgehead atoms. The molecule has 1 saturated carbocycles. The molecule has 2 heterocycles. The summed E-state index contributed by atoms with van der Waals surface area (Å²) in [5.74, 6) is 5.25. The molecule has 1 unspecified atom stereocenters. The highest BCUT2D eigenvalue weighted by molar-refractivity contribution is 7.91. The maximum absolute atomic E-state index is 12.8. The summed E-state index contributed by atoms with van der Waals surface area (Å²) in [6.45, 7) is 17.5. The van der Waals surface area contributed by atoms with E-state index in [1.807, 2.05) is 0 Å². The minimum absolute atomic E-state index is 0.00605. The topological polar surface area (TPSA) is 151 Å². The Kier molecular flexibility index (Phi) is 14.9. The number of aromatic nitrogens is 2. The van der Waals surface area contributed by atoms with Crippen molar-refractivity contribution in [1.29, 1.82) is 0 Å². The number of ether oxygens (including phenoxy) is 3. The molecule has 1 aliphatic carbocycles. The number of alkyl halides is 1. The summed E-state index contributed by atoms with van der Waals surface area (Å²) in [4.78, 5) is 38.8. The Bertz CT molecular complexity index is 1810. The number of hydrogen-bond acceptors (Lipinski definition) is 10. The number of carbonyl (C=O) groups excluding carboxylic acids is 2. The first-order valence-electron chi connectivity index (χ1n) is 17.5. The third-order valence-corrected chi connectivity index (χ3v) is 12.0. The van der Waals surface area contributed by atoms with Crippen LogP contribution in [0.2, 0.25) is 0 Å². The molecule has 1 aromatic carbocycles. The summed E-state index contributed by atoms with van der Waals surface area (Å²) in [5, 5.41) is 1.37. The Morgan fingerprint density at radius 2 is 1.83 bits per heavy atom. The zero-order valence-electron chi connectivity index (χ0n) is 29.8. The van der Waals surface area contributed by atoms with Gasteiger partial charge in [0.1, 0.15) is 0 Å². The number of hydrogen-bond donors (Lipinski definition) is 1. The average molecular weight is 759 g/mol. The number of allylic oxidation sites excluding steroid dienone is 2. The molecule has 1 aliphatic heterocycles. The molecule has 282 valence electrons. The van der Waals surface area contributed by atoms with E-state index in [4.69, 9.17) is 25.8 Å². The highest BCUT2D eigenvalue weighted by Crippen LogP contribution is 2.49. The summed E-state index contributed by atoms with van der Waals surface area (Å²) in [7, 11) is -4.22. The molecule has 1 saturated heterocycles. The van der Waals surface area contributed by atoms with E-state index in [-0.39, 0.29) is 59.3 Å². The maximum Gasteiger partial charge on any atom is 0.404 e. The fourth-order valence-corrected chi connectivity index (χ4v) is 8.36. The van der Waals surface area contributed by atoms with Gasteiger partial charge in [0.2, 0.25) is 4.60 Å². The van der Waals surface area contributed by atoms with Crippen LogP contribution in [0.1, 0.15) is 58.3 Å². The van der Waals surface area contributed by atoms with Crippen molar-refractivity contribution in [3.63, 3.8) is 0 Å². The van der Waals surface area contributed by atoms with Gasteiger partial charge in [0.05, 0.1) is 11.5 Å². The summed E-state index contributed by atoms with van der Waals surface area (Å²) in [6.07, 6.45) is 7.56. The van der Waals surface area contributed by atoms with Crippen LogP contribution in [-0.2, 0) is 28.9 Å². The van der Waals surface area contributed by atoms with E-state index in [0.717, 1.165) is 57.3 Å². The van der Waals surface area contributed by atoms with Gasteiger partial charge in [-0.05, 0) is 84.5 Å². The normalized spacial score (nSPS) is 22.0. The molecule has 0 radical (unpaired) electrons. The Balaban J connectivity index is 1.10. The molecule has 14 heteroatoms. The molecule has 1 aromatic heterocycles. The van der Waals surface area contributed by atoms with Crippen LogP contribution in [0.4, 0.5) is 0 Å². The fourth-order valence-electron chi connectivity index (χ4n) is 6.85. The molecule has 2 aliphatic rings. The van der Waals surface area contributed by atoms with E-state index in [0.29, 0.717) is 24.3 Å². The lowest BCUT2D eigenvalue weighted by atomic mass is 9.61. The van der Waals surface area contributed by atoms with Crippen molar-refractivity contribution in [1.82, 2.24) is 10.1 Å². The van der Waals surface area contributed by atoms with E-state index in [2.05, 4.69) is 59.3 Å². The Hall–Kier alpha value is -4.12. The van der Waals surface area contributed by atoms with E-state index in [1.165, 1.54) is 29.8 Å². The smallest absolute Gasteiger partial charge is 0.404 e. The number of piperidine rings is 1. The van der Waals surface area contributed by atoms with Gasteiger partial charge >= 0.3 is 22.8 Å². The van der Waals surface area contributed by atoms with Gasteiger partial charge in [0.15, 0.2) is 13.2 Å². The number of aromatic amines is 1. The molecule has 12 nitrogen and oxygen atoms in total. The predicted octanol–water partition coefficient (Wildman–Crippen LogP) is 5.67. The standard InChI is InChI=1S/C38H49ClN3O9S/c1-5-38(4)19-18-31(23-33(38)28(2)24-39)29(3)25-41-20-12-13-30(26-41)27-50-35(44)17-11-16-34(43)48-21-9-10-22-49-36-37(42(45)51-40-36)52(46,47)32-14-7-6-8-15-32/h5-8,14-15,30-31,33,40H,1-3,11-13,16-27H2,4H3/q+1/t30?,31-,33+,38-/m1/s1. The number of nitrogens with one attached hydrogen (secondary N) is 1. The van der Waals surface area contributed by atoms with Crippen LogP contribution in [0.5, 0.6) is 5.88 Å². The molecule has 4 rings (SSSR count). The van der Waals surface area contributed by atoms with E-state index >= 15 is 0 Å². The summed E-state index contributed by atoms with van der Waals surface area (Å²) in [5.41, 5.74) is 2.31. The number of rotatable bonds is 17. The molecule has 0 spiro atoms. The second-order valence-corrected chi connectivity index (χ2v) is 15.8. The van der Waals surface area contributed by atoms with E-state index in [1.54, 1.807) is 6.07 Å². The van der Waals surface area contributed by atoms with Crippen molar-refractivity contribution in [2.75, 3.05) is 45.3 Å². The number of halogens is 1. The molecular weight excluding hydrogens is 710 g/mol. The lowest BCUT2D eigenvalue weighted by molar-refractivity contribution is -0.744. The molecular formula is C38H49ClN3O9S+. The van der Waals surface area contributed by atoms with Crippen LogP contribution >= 0.6 is 11.6 Å². The minimum atomic E-state index is -4.22. The van der Waals surface area contributed by atoms with Gasteiger partial charge in [-0.1, -0.05) is 72.0 Å². The monoisotopic (exact) mass is 758 g/mol. The first-order valence-corrected chi connectivity index (χ1v) is 19.5. The average Bonchev–Trinajstić information content (AvgIpc) is 3.53. The summed E-state index contributed by atoms with van der Waals surface area (Å²) < 4.78 is 45.9. The Morgan fingerprint density at radius 3 is 2.54 bits per heavy atom. The van der Waals surface area contributed by atoms with Gasteiger partial charge < -0.3 is 14.2 Å². The van der Waals surface area contributed by atoms with Gasteiger partial charge in [-0.3, -0.25) is 14.5 Å². The van der Waals surface area contributed by atoms with E-state index < -0.39 is 26.7 Å². The molecule has 52 heavy (non-hydrogen) atoms. The number of nitrogens with zero attached hydrogens (tertiary/aromatic N) is 2. The number of sulfone groups is 1. The van der Waals surface area contributed by atoms with Crippen LogP contribution in [-0.4, -0.2) is 75.7 Å². The number of benzene rings is 1. The number of likely N-dealkylation sites (tertiary alicyclic amines) is 1. The van der Waals surface area contributed by atoms with Crippen LogP contribution in [0.3, 0.4) is 0 Å². The van der Waals surface area contributed by atoms with Gasteiger partial charge in [-0.25, -0.2) is 8.42 Å². The van der Waals surface area contributed by atoms with Crippen molar-refractivity contribution in [2.45, 2.75) is 68.2 Å². The zero-order chi connectivity index (χ0) is 37.7. The largest absolute Gasteiger partial charge is 0.465 e. The summed E-state index contributed by atoms with van der Waals surface area (Å²) >= 11 is 6.18. The van der Waals surface area contributed by atoms with Crippen LogP contribution in [0, 0.1) is 39.9 Å². The number of H-pyrrole nitrogens is 1. The zero-order valence-corrected chi connectivity index (χ0v) is 31.4. The van der Waals surface area contributed by atoms with Gasteiger partial charge in [-0.2, -0.15) is 0 Å². The molecule has 1 N–H and O–H groups in total. The molecule has 2 aromatic rings. The second-order valence-electron chi connectivity index (χ2n) is 13.7. The van der Waals surface area contributed by atoms with Crippen LogP contribution in [0.25, 0.3) is 0 Å². The van der Waals surface area contributed by atoms with Crippen molar-refractivity contribution in [3.8, 4) is 17.7 Å². The lowest BCUT2D eigenvalue weighted by Crippen LogP contribution is -2.40. The molecule has 4 atom stereocenters. The fraction of sp³-hybridized carbons (Fsp3) is 0.526. The van der Waals surface area contributed by atoms with Crippen molar-refractivity contribution < 1.29 is 41.4 Å². The highest BCUT2D eigenvalue weighted by Gasteiger charge is 2.40. The third kappa shape index (κ3) is 10.9. The van der Waals surface area contributed by atoms with Crippen molar-refractivity contribution in [2.24, 2.45) is 23.2 Å². The van der Waals surface area contributed by atoms with E-state index in [9.17, 15) is 22.9 Å². The predicted molar refractivity (Wildman–Crippen MR) is 195 cm³/mol. The Morgan fingerprint density at radius 1 is 1.12 bits per heavy atom. The van der Waals surface area contributed by atoms with Crippen LogP contribution in [0.15, 0.2) is 81.8 Å². The third-order valence-electron chi connectivity index (χ3n) is 9.94. The number of carbonyl (C=O) groups is 2. The first kappa shape index (κ1) is 40.6. The number of esters is 2. The quantitative estimate of drug-likeness (QED) is 0.0926. The first-order chi connectivity index (χ1) is 24.9. The SMILES string of the molecule is C=C[C@]1(C)CC[C@@H](C(=C)CN2CCCC(COC(=O)CCCC(=O)OCC#CCOc3[nH]o[n+](=O)c3S(=O)(=O)c3ccccc3)C2)C[C@H]1C(=C)CCl. The highest BCUT2D eigenvalue weighted by atomic mass is 35.5. The van der Waals surface area contributed by atoms with Crippen LogP contribution < -0.4 is 9.34 Å². The van der Waals surface area contributed by atoms with Gasteiger partial charge in [-0.15, -0.1) is 18.2 Å². The molecule has 2 fully saturated rings. The van der Waals surface area contributed by atoms with Crippen molar-refractivity contribution >= 4 is 33.4 Å². The molecule has 0 amide bonds. The Labute approximate surface area is 310 Å². The van der Waals surface area contributed by atoms with Gasteiger partial charge in [0.25, 0.3) is 9.84 Å². The second kappa shape index (κ2) is 19.1. The van der Waals surface area contributed by atoms with Gasteiger partial charge in [0, 0.05) is 37.7 Å². The van der Waals surface area contributed by atoms with Crippen molar-refractivity contribution in [3.05, 3.63) is 72.2 Å².